The second kappa shape index (κ2) is 7.99. The van der Waals surface area contributed by atoms with Crippen LogP contribution in [0.5, 0.6) is 0 Å². The zero-order valence-corrected chi connectivity index (χ0v) is 18.3. The maximum atomic E-state index is 12.4. The summed E-state index contributed by atoms with van der Waals surface area (Å²) in [7, 11) is 0. The van der Waals surface area contributed by atoms with Crippen molar-refractivity contribution >= 4 is 28.7 Å². The van der Waals surface area contributed by atoms with E-state index in [1.165, 1.54) is 6.07 Å². The van der Waals surface area contributed by atoms with E-state index in [1.807, 2.05) is 32.9 Å². The third-order valence-electron chi connectivity index (χ3n) is 5.65. The molecule has 0 bridgehead atoms. The SMILES string of the molecule is Cc1ccc2nc(Nc3nc(-c4cnc(N5CCCC5)nc4C)cc(=O)[nH]3)nc(C)c2c1. The van der Waals surface area contributed by atoms with Crippen LogP contribution in [0.4, 0.5) is 17.8 Å². The average molecular weight is 429 g/mol. The van der Waals surface area contributed by atoms with Gasteiger partial charge in [0.05, 0.1) is 22.6 Å². The molecular weight excluding hydrogens is 404 g/mol. The van der Waals surface area contributed by atoms with Gasteiger partial charge in [0.25, 0.3) is 5.56 Å². The monoisotopic (exact) mass is 428 g/mol. The normalized spacial score (nSPS) is 13.7. The number of benzene rings is 1. The molecule has 1 aromatic carbocycles. The van der Waals surface area contributed by atoms with Crippen LogP contribution in [0.25, 0.3) is 22.2 Å². The molecule has 9 nitrogen and oxygen atoms in total. The minimum Gasteiger partial charge on any atom is -0.341 e. The highest BCUT2D eigenvalue weighted by Crippen LogP contribution is 2.24. The Bertz CT molecular complexity index is 1370. The van der Waals surface area contributed by atoms with Crippen LogP contribution >= 0.6 is 0 Å². The van der Waals surface area contributed by atoms with Gasteiger partial charge in [0.1, 0.15) is 0 Å². The van der Waals surface area contributed by atoms with E-state index in [4.69, 9.17) is 0 Å². The topological polar surface area (TPSA) is 113 Å². The van der Waals surface area contributed by atoms with Gasteiger partial charge in [-0.15, -0.1) is 0 Å². The lowest BCUT2D eigenvalue weighted by atomic mass is 10.1. The third kappa shape index (κ3) is 3.89. The number of anilines is 3. The maximum Gasteiger partial charge on any atom is 0.252 e. The van der Waals surface area contributed by atoms with Crippen LogP contribution in [0.15, 0.2) is 35.3 Å². The summed E-state index contributed by atoms with van der Waals surface area (Å²) in [6, 6.07) is 7.47. The zero-order valence-electron chi connectivity index (χ0n) is 18.3. The lowest BCUT2D eigenvalue weighted by Gasteiger charge is -2.16. The fourth-order valence-electron chi connectivity index (χ4n) is 3.99. The number of fused-ring (bicyclic) bond motifs is 1. The van der Waals surface area contributed by atoms with Crippen LogP contribution in [0, 0.1) is 20.8 Å². The van der Waals surface area contributed by atoms with Crippen molar-refractivity contribution in [2.75, 3.05) is 23.3 Å². The zero-order chi connectivity index (χ0) is 22.2. The van der Waals surface area contributed by atoms with Crippen molar-refractivity contribution < 1.29 is 0 Å². The fraction of sp³-hybridized carbons (Fsp3) is 0.304. The summed E-state index contributed by atoms with van der Waals surface area (Å²) in [5.74, 6) is 1.36. The van der Waals surface area contributed by atoms with Crippen LogP contribution in [-0.2, 0) is 0 Å². The molecule has 0 spiro atoms. The maximum absolute atomic E-state index is 12.4. The molecular formula is C23H24N8O. The third-order valence-corrected chi connectivity index (χ3v) is 5.65. The van der Waals surface area contributed by atoms with Crippen molar-refractivity contribution in [3.8, 4) is 11.3 Å². The molecule has 2 N–H and O–H groups in total. The van der Waals surface area contributed by atoms with E-state index < -0.39 is 0 Å². The van der Waals surface area contributed by atoms with Crippen LogP contribution in [0.3, 0.4) is 0 Å². The second-order valence-electron chi connectivity index (χ2n) is 8.12. The van der Waals surface area contributed by atoms with Gasteiger partial charge in [0, 0.05) is 36.3 Å². The number of aromatic nitrogens is 6. The molecule has 1 aliphatic heterocycles. The molecule has 0 atom stereocenters. The van der Waals surface area contributed by atoms with Gasteiger partial charge in [-0.1, -0.05) is 11.6 Å². The summed E-state index contributed by atoms with van der Waals surface area (Å²) < 4.78 is 0. The Morgan fingerprint density at radius 3 is 2.56 bits per heavy atom. The van der Waals surface area contributed by atoms with Gasteiger partial charge in [-0.2, -0.15) is 0 Å². The molecule has 4 heterocycles. The molecule has 1 aliphatic rings. The van der Waals surface area contributed by atoms with E-state index >= 15 is 0 Å². The predicted molar refractivity (Wildman–Crippen MR) is 124 cm³/mol. The first-order valence-corrected chi connectivity index (χ1v) is 10.7. The van der Waals surface area contributed by atoms with Crippen molar-refractivity contribution in [1.29, 1.82) is 0 Å². The molecule has 162 valence electrons. The summed E-state index contributed by atoms with van der Waals surface area (Å²) in [4.78, 5) is 40.1. The number of aryl methyl sites for hydroxylation is 3. The lowest BCUT2D eigenvalue weighted by Crippen LogP contribution is -2.21. The van der Waals surface area contributed by atoms with Crippen LogP contribution in [0.2, 0.25) is 0 Å². The first-order valence-electron chi connectivity index (χ1n) is 10.7. The number of rotatable bonds is 4. The number of nitrogens with one attached hydrogen (secondary N) is 2. The number of nitrogens with zero attached hydrogens (tertiary/aromatic N) is 6. The van der Waals surface area contributed by atoms with Crippen LogP contribution < -0.4 is 15.8 Å². The number of hydrogen-bond donors (Lipinski definition) is 2. The second-order valence-corrected chi connectivity index (χ2v) is 8.12. The van der Waals surface area contributed by atoms with Gasteiger partial charge < -0.3 is 4.90 Å². The molecule has 1 saturated heterocycles. The summed E-state index contributed by atoms with van der Waals surface area (Å²) in [5, 5.41) is 4.04. The Morgan fingerprint density at radius 1 is 0.969 bits per heavy atom. The molecule has 32 heavy (non-hydrogen) atoms. The highest BCUT2D eigenvalue weighted by molar-refractivity contribution is 5.82. The molecule has 0 radical (unpaired) electrons. The number of aromatic amines is 1. The Morgan fingerprint density at radius 2 is 1.78 bits per heavy atom. The van der Waals surface area contributed by atoms with Crippen molar-refractivity contribution in [1.82, 2.24) is 29.9 Å². The van der Waals surface area contributed by atoms with E-state index in [9.17, 15) is 4.79 Å². The Balaban J connectivity index is 1.47. The van der Waals surface area contributed by atoms with Gasteiger partial charge in [-0.05, 0) is 45.7 Å². The Labute approximate surface area is 185 Å². The molecule has 0 amide bonds. The molecule has 5 rings (SSSR count). The van der Waals surface area contributed by atoms with Gasteiger partial charge in [-0.3, -0.25) is 15.1 Å². The van der Waals surface area contributed by atoms with E-state index in [0.717, 1.165) is 59.7 Å². The van der Waals surface area contributed by atoms with E-state index in [-0.39, 0.29) is 11.5 Å². The Kier molecular flexibility index (Phi) is 5.01. The minimum absolute atomic E-state index is 0.265. The number of H-pyrrole nitrogens is 1. The molecule has 4 aromatic rings. The van der Waals surface area contributed by atoms with Crippen LogP contribution in [0.1, 0.15) is 29.8 Å². The van der Waals surface area contributed by atoms with Crippen molar-refractivity contribution in [2.24, 2.45) is 0 Å². The Hall–Kier alpha value is -3.88. The lowest BCUT2D eigenvalue weighted by molar-refractivity contribution is 0.889. The van der Waals surface area contributed by atoms with Crippen molar-refractivity contribution in [3.05, 3.63) is 57.8 Å². The largest absolute Gasteiger partial charge is 0.341 e. The predicted octanol–water partition coefficient (Wildman–Crippen LogP) is 3.44. The van der Waals surface area contributed by atoms with E-state index in [2.05, 4.69) is 46.2 Å². The molecule has 3 aromatic heterocycles. The standard InChI is InChI=1S/C23H24N8O/c1-13-6-7-18-16(10-13)14(2)25-21(27-18)30-22-28-19(11-20(32)29-22)17-12-24-23(26-15(17)3)31-8-4-5-9-31/h6-7,10-12H,4-5,8-9H2,1-3H3,(H2,25,27,28,29,30,32). The molecule has 0 aliphatic carbocycles. The minimum atomic E-state index is -0.284. The fourth-order valence-corrected chi connectivity index (χ4v) is 3.99. The molecule has 0 saturated carbocycles. The first kappa shape index (κ1) is 20.0. The first-order chi connectivity index (χ1) is 15.5. The summed E-state index contributed by atoms with van der Waals surface area (Å²) >= 11 is 0. The highest BCUT2D eigenvalue weighted by Gasteiger charge is 2.17. The van der Waals surface area contributed by atoms with Gasteiger partial charge in [0.15, 0.2) is 0 Å². The summed E-state index contributed by atoms with van der Waals surface area (Å²) in [6.45, 7) is 7.82. The van der Waals surface area contributed by atoms with E-state index in [1.54, 1.807) is 6.20 Å². The van der Waals surface area contributed by atoms with E-state index in [0.29, 0.717) is 17.2 Å². The molecule has 9 heteroatoms. The summed E-state index contributed by atoms with van der Waals surface area (Å²) in [5.41, 5.74) is 4.53. The average Bonchev–Trinajstić information content (AvgIpc) is 3.29. The molecule has 1 fully saturated rings. The van der Waals surface area contributed by atoms with Gasteiger partial charge in [0.2, 0.25) is 17.8 Å². The number of hydrogen-bond acceptors (Lipinski definition) is 8. The quantitative estimate of drug-likeness (QED) is 0.508. The summed E-state index contributed by atoms with van der Waals surface area (Å²) in [6.07, 6.45) is 4.05. The highest BCUT2D eigenvalue weighted by atomic mass is 16.1. The van der Waals surface area contributed by atoms with Crippen molar-refractivity contribution in [2.45, 2.75) is 33.6 Å². The van der Waals surface area contributed by atoms with Gasteiger partial charge in [-0.25, -0.2) is 24.9 Å². The molecule has 0 unspecified atom stereocenters. The van der Waals surface area contributed by atoms with Crippen LogP contribution in [-0.4, -0.2) is 43.0 Å². The smallest absolute Gasteiger partial charge is 0.252 e. The van der Waals surface area contributed by atoms with Crippen molar-refractivity contribution in [3.63, 3.8) is 0 Å². The van der Waals surface area contributed by atoms with Gasteiger partial charge >= 0.3 is 0 Å².